The standard InChI is InChI=1S/C14H22N2O5S2/c1-3-7-21-14(18)16-9-11(13(17)10-22)8-12(16)5-4-6-15-23(2,19)20/h3-5,11-12,15,22H,1,6-10H2,2H3. The van der Waals surface area contributed by atoms with Gasteiger partial charge in [-0.15, -0.1) is 0 Å². The van der Waals surface area contributed by atoms with E-state index in [9.17, 15) is 18.0 Å². The summed E-state index contributed by atoms with van der Waals surface area (Å²) in [7, 11) is -3.27. The van der Waals surface area contributed by atoms with Gasteiger partial charge in [0.1, 0.15) is 12.4 Å². The number of hydrogen-bond acceptors (Lipinski definition) is 6. The highest BCUT2D eigenvalue weighted by atomic mass is 32.2. The molecule has 1 amide bonds. The molecule has 0 aromatic carbocycles. The van der Waals surface area contributed by atoms with Crippen molar-refractivity contribution in [2.45, 2.75) is 12.5 Å². The predicted molar refractivity (Wildman–Crippen MR) is 91.0 cm³/mol. The number of hydrogen-bond donors (Lipinski definition) is 2. The van der Waals surface area contributed by atoms with E-state index in [1.165, 1.54) is 11.0 Å². The minimum atomic E-state index is -3.27. The van der Waals surface area contributed by atoms with E-state index >= 15 is 0 Å². The minimum Gasteiger partial charge on any atom is -0.445 e. The fourth-order valence-electron chi connectivity index (χ4n) is 2.26. The Morgan fingerprint density at radius 3 is 2.74 bits per heavy atom. The quantitative estimate of drug-likeness (QED) is 0.487. The number of likely N-dealkylation sites (tertiary alicyclic amines) is 1. The summed E-state index contributed by atoms with van der Waals surface area (Å²) in [5.74, 6) is -0.201. The highest BCUT2D eigenvalue weighted by Crippen LogP contribution is 2.26. The third-order valence-corrected chi connectivity index (χ3v) is 4.34. The number of sulfonamides is 1. The summed E-state index contributed by atoms with van der Waals surface area (Å²) < 4.78 is 29.4. The number of rotatable bonds is 8. The zero-order chi connectivity index (χ0) is 17.5. The number of carbonyl (C=O) groups is 2. The van der Waals surface area contributed by atoms with Gasteiger partial charge in [0.15, 0.2) is 0 Å². The number of carbonyl (C=O) groups excluding carboxylic acids is 2. The van der Waals surface area contributed by atoms with Crippen molar-refractivity contribution in [3.05, 3.63) is 24.8 Å². The number of nitrogens with zero attached hydrogens (tertiary/aromatic N) is 1. The van der Waals surface area contributed by atoms with Crippen molar-refractivity contribution in [1.82, 2.24) is 9.62 Å². The van der Waals surface area contributed by atoms with E-state index in [-0.39, 0.29) is 43.2 Å². The second-order valence-corrected chi connectivity index (χ2v) is 7.34. The average molecular weight is 362 g/mol. The number of ketones is 1. The van der Waals surface area contributed by atoms with Crippen LogP contribution >= 0.6 is 12.6 Å². The Balaban J connectivity index is 2.73. The third kappa shape index (κ3) is 6.76. The summed E-state index contributed by atoms with van der Waals surface area (Å²) in [5, 5.41) is 0. The molecule has 0 aliphatic carbocycles. The van der Waals surface area contributed by atoms with Gasteiger partial charge in [0, 0.05) is 24.8 Å². The molecule has 1 rings (SSSR count). The molecule has 0 spiro atoms. The molecule has 1 N–H and O–H groups in total. The van der Waals surface area contributed by atoms with Crippen molar-refractivity contribution < 1.29 is 22.7 Å². The minimum absolute atomic E-state index is 0.0278. The van der Waals surface area contributed by atoms with Crippen LogP contribution in [0.1, 0.15) is 6.42 Å². The molecule has 1 aliphatic rings. The lowest BCUT2D eigenvalue weighted by atomic mass is 10.0. The number of amides is 1. The molecule has 0 radical (unpaired) electrons. The van der Waals surface area contributed by atoms with E-state index in [0.717, 1.165) is 6.26 Å². The lowest BCUT2D eigenvalue weighted by Crippen LogP contribution is -2.35. The molecule has 2 atom stereocenters. The van der Waals surface area contributed by atoms with Gasteiger partial charge in [-0.05, 0) is 6.42 Å². The Morgan fingerprint density at radius 1 is 1.48 bits per heavy atom. The predicted octanol–water partition coefficient (Wildman–Crippen LogP) is 0.604. The molecule has 2 unspecified atom stereocenters. The van der Waals surface area contributed by atoms with Crippen molar-refractivity contribution in [2.75, 3.05) is 31.7 Å². The van der Waals surface area contributed by atoms with Crippen LogP contribution in [0.3, 0.4) is 0 Å². The average Bonchev–Trinajstić information content (AvgIpc) is 2.91. The van der Waals surface area contributed by atoms with E-state index < -0.39 is 16.1 Å². The van der Waals surface area contributed by atoms with Gasteiger partial charge in [0.25, 0.3) is 0 Å². The SMILES string of the molecule is C=CCOC(=O)N1CC(C(=O)CS)CC1C=CCNS(C)(=O)=O. The van der Waals surface area contributed by atoms with E-state index in [4.69, 9.17) is 4.74 Å². The molecule has 0 saturated carbocycles. The molecule has 9 heteroatoms. The molecule has 23 heavy (non-hydrogen) atoms. The van der Waals surface area contributed by atoms with Crippen LogP contribution in [0.4, 0.5) is 4.79 Å². The third-order valence-electron chi connectivity index (χ3n) is 3.34. The Kier molecular flexibility index (Phi) is 7.80. The van der Waals surface area contributed by atoms with Gasteiger partial charge in [0.2, 0.25) is 10.0 Å². The molecule has 130 valence electrons. The van der Waals surface area contributed by atoms with Crippen LogP contribution in [0.5, 0.6) is 0 Å². The van der Waals surface area contributed by atoms with Gasteiger partial charge in [0.05, 0.1) is 12.3 Å². The lowest BCUT2D eigenvalue weighted by Gasteiger charge is -2.21. The van der Waals surface area contributed by atoms with Crippen LogP contribution in [0, 0.1) is 5.92 Å². The fourth-order valence-corrected chi connectivity index (χ4v) is 2.92. The smallest absolute Gasteiger partial charge is 0.410 e. The van der Waals surface area contributed by atoms with Crippen molar-refractivity contribution >= 4 is 34.5 Å². The Hall–Kier alpha value is -1.32. The number of ether oxygens (including phenoxy) is 1. The van der Waals surface area contributed by atoms with E-state index in [1.54, 1.807) is 12.2 Å². The molecule has 7 nitrogen and oxygen atoms in total. The first-order chi connectivity index (χ1) is 10.8. The van der Waals surface area contributed by atoms with Gasteiger partial charge in [-0.2, -0.15) is 12.6 Å². The van der Waals surface area contributed by atoms with Gasteiger partial charge < -0.3 is 9.64 Å². The van der Waals surface area contributed by atoms with Crippen LogP contribution in [0.2, 0.25) is 0 Å². The molecule has 0 aromatic rings. The lowest BCUT2D eigenvalue weighted by molar-refractivity contribution is -0.119. The van der Waals surface area contributed by atoms with Crippen LogP contribution in [-0.4, -0.2) is 62.9 Å². The summed E-state index contributed by atoms with van der Waals surface area (Å²) in [5.41, 5.74) is 0. The normalized spacial score (nSPS) is 21.6. The topological polar surface area (TPSA) is 92.8 Å². The van der Waals surface area contributed by atoms with Crippen LogP contribution in [0.15, 0.2) is 24.8 Å². The number of Topliss-reactive ketones (excluding diaryl/α,β-unsaturated/α-hetero) is 1. The highest BCUT2D eigenvalue weighted by molar-refractivity contribution is 7.88. The molecule has 0 aromatic heterocycles. The van der Waals surface area contributed by atoms with Gasteiger partial charge in [-0.25, -0.2) is 17.9 Å². The molecule has 1 aliphatic heterocycles. The van der Waals surface area contributed by atoms with Crippen molar-refractivity contribution in [1.29, 1.82) is 0 Å². The maximum atomic E-state index is 12.0. The first kappa shape index (κ1) is 19.7. The Morgan fingerprint density at radius 2 is 2.17 bits per heavy atom. The monoisotopic (exact) mass is 362 g/mol. The van der Waals surface area contributed by atoms with Gasteiger partial charge in [-0.3, -0.25) is 4.79 Å². The maximum Gasteiger partial charge on any atom is 0.410 e. The number of nitrogens with one attached hydrogen (secondary N) is 1. The summed E-state index contributed by atoms with van der Waals surface area (Å²) in [4.78, 5) is 25.3. The van der Waals surface area contributed by atoms with Gasteiger partial charge in [-0.1, -0.05) is 24.8 Å². The van der Waals surface area contributed by atoms with Gasteiger partial charge >= 0.3 is 6.09 Å². The van der Waals surface area contributed by atoms with Crippen LogP contribution in [-0.2, 0) is 19.6 Å². The summed E-state index contributed by atoms with van der Waals surface area (Å²) in [6, 6.07) is -0.317. The van der Waals surface area contributed by atoms with Crippen molar-refractivity contribution in [2.24, 2.45) is 5.92 Å². The summed E-state index contributed by atoms with van der Waals surface area (Å²) in [6.07, 6.45) is 5.80. The van der Waals surface area contributed by atoms with E-state index in [2.05, 4.69) is 23.9 Å². The zero-order valence-electron chi connectivity index (χ0n) is 13.0. The molecule has 1 fully saturated rings. The second-order valence-electron chi connectivity index (χ2n) is 5.19. The molecular weight excluding hydrogens is 340 g/mol. The number of thiol groups is 1. The van der Waals surface area contributed by atoms with Crippen molar-refractivity contribution in [3.8, 4) is 0 Å². The summed E-state index contributed by atoms with van der Waals surface area (Å²) in [6.45, 7) is 3.96. The van der Waals surface area contributed by atoms with Crippen molar-refractivity contribution in [3.63, 3.8) is 0 Å². The van der Waals surface area contributed by atoms with E-state index in [1.807, 2.05) is 0 Å². The Bertz CT molecular complexity index is 574. The van der Waals surface area contributed by atoms with Crippen LogP contribution < -0.4 is 4.72 Å². The first-order valence-corrected chi connectivity index (χ1v) is 9.60. The largest absolute Gasteiger partial charge is 0.445 e. The fraction of sp³-hybridized carbons (Fsp3) is 0.571. The highest BCUT2D eigenvalue weighted by Gasteiger charge is 2.37. The van der Waals surface area contributed by atoms with E-state index in [0.29, 0.717) is 6.42 Å². The maximum absolute atomic E-state index is 12.0. The molecule has 1 saturated heterocycles. The first-order valence-electron chi connectivity index (χ1n) is 7.07. The molecule has 1 heterocycles. The zero-order valence-corrected chi connectivity index (χ0v) is 14.7. The second kappa shape index (κ2) is 9.09. The summed E-state index contributed by atoms with van der Waals surface area (Å²) >= 11 is 3.98. The van der Waals surface area contributed by atoms with Crippen LogP contribution in [0.25, 0.3) is 0 Å². The Labute approximate surface area is 142 Å². The molecule has 0 bridgehead atoms. The molecular formula is C14H22N2O5S2.